The van der Waals surface area contributed by atoms with Crippen LogP contribution in [0.15, 0.2) is 52.0 Å². The molecule has 0 radical (unpaired) electrons. The van der Waals surface area contributed by atoms with Crippen molar-refractivity contribution >= 4 is 17.7 Å². The van der Waals surface area contributed by atoms with Crippen LogP contribution in [-0.4, -0.2) is 23.4 Å². The Bertz CT molecular complexity index is 701. The Morgan fingerprint density at radius 1 is 1.28 bits per heavy atom. The third-order valence-corrected chi connectivity index (χ3v) is 4.55. The number of rotatable bonds is 6. The van der Waals surface area contributed by atoms with E-state index in [1.165, 1.54) is 6.07 Å². The fourth-order valence-corrected chi connectivity index (χ4v) is 2.75. The van der Waals surface area contributed by atoms with E-state index in [-0.39, 0.29) is 0 Å². The van der Waals surface area contributed by atoms with Crippen LogP contribution in [0.3, 0.4) is 0 Å². The number of thioether (sulfide) groups is 1. The second kappa shape index (κ2) is 7.53. The van der Waals surface area contributed by atoms with Crippen LogP contribution in [0.25, 0.3) is 0 Å². The minimum Gasteiger partial charge on any atom is -0.466 e. The molecule has 0 aliphatic rings. The maximum atomic E-state index is 13.3. The molecule has 2 rings (SSSR count). The molecule has 0 aliphatic carbocycles. The minimum absolute atomic E-state index is 0.502. The molecule has 0 aliphatic heterocycles. The van der Waals surface area contributed by atoms with E-state index in [4.69, 9.17) is 0 Å². The van der Waals surface area contributed by atoms with Crippen LogP contribution in [0.4, 0.5) is 13.2 Å². The Kier molecular flexibility index (Phi) is 5.84. The van der Waals surface area contributed by atoms with Gasteiger partial charge in [0, 0.05) is 4.90 Å². The Hall–Kier alpha value is -1.93. The van der Waals surface area contributed by atoms with Gasteiger partial charge in [-0.2, -0.15) is 13.2 Å². The van der Waals surface area contributed by atoms with Gasteiger partial charge in [0.2, 0.25) is 11.5 Å². The molecule has 4 nitrogen and oxygen atoms in total. The van der Waals surface area contributed by atoms with Gasteiger partial charge in [-0.3, -0.25) is 4.79 Å². The van der Waals surface area contributed by atoms with Gasteiger partial charge in [-0.15, -0.1) is 11.8 Å². The van der Waals surface area contributed by atoms with Crippen molar-refractivity contribution in [3.63, 3.8) is 0 Å². The first-order valence-corrected chi connectivity index (χ1v) is 8.66. The molecular weight excluding hydrogens is 355 g/mol. The molecule has 1 amide bonds. The molecule has 1 aromatic heterocycles. The first-order chi connectivity index (χ1) is 11.7. The Morgan fingerprint density at radius 3 is 2.40 bits per heavy atom. The molecule has 25 heavy (non-hydrogen) atoms. The third kappa shape index (κ3) is 4.38. The van der Waals surface area contributed by atoms with E-state index in [0.717, 1.165) is 22.8 Å². The largest absolute Gasteiger partial charge is 0.466 e. The molecule has 136 valence electrons. The van der Waals surface area contributed by atoms with Crippen molar-refractivity contribution in [3.05, 3.63) is 54.0 Å². The van der Waals surface area contributed by atoms with E-state index in [1.54, 1.807) is 30.8 Å². The van der Waals surface area contributed by atoms with E-state index in [1.807, 2.05) is 18.4 Å². The molecule has 2 atom stereocenters. The highest BCUT2D eigenvalue weighted by Gasteiger charge is 2.58. The molecule has 0 bridgehead atoms. The maximum absolute atomic E-state index is 13.3. The number of carbonyl (C=O) groups is 1. The predicted molar refractivity (Wildman–Crippen MR) is 88.1 cm³/mol. The van der Waals surface area contributed by atoms with Gasteiger partial charge >= 0.3 is 6.18 Å². The van der Waals surface area contributed by atoms with Crippen molar-refractivity contribution in [2.24, 2.45) is 0 Å². The number of nitrogens with one attached hydrogen (secondary N) is 1. The number of hydrogen-bond acceptors (Lipinski definition) is 4. The van der Waals surface area contributed by atoms with E-state index in [0.29, 0.717) is 0 Å². The molecule has 0 saturated carbocycles. The number of benzene rings is 1. The predicted octanol–water partition coefficient (Wildman–Crippen LogP) is 4.02. The molecule has 0 unspecified atom stereocenters. The fourth-order valence-electron chi connectivity index (χ4n) is 2.34. The highest BCUT2D eigenvalue weighted by atomic mass is 32.2. The molecule has 0 saturated heterocycles. The van der Waals surface area contributed by atoms with Crippen LogP contribution in [0.2, 0.25) is 0 Å². The van der Waals surface area contributed by atoms with Crippen molar-refractivity contribution in [1.82, 2.24) is 5.32 Å². The smallest absolute Gasteiger partial charge is 0.425 e. The summed E-state index contributed by atoms with van der Waals surface area (Å²) in [5.74, 6) is -1.65. The Labute approximate surface area is 147 Å². The highest BCUT2D eigenvalue weighted by Crippen LogP contribution is 2.41. The van der Waals surface area contributed by atoms with Crippen molar-refractivity contribution in [2.45, 2.75) is 36.1 Å². The molecule has 1 aromatic carbocycles. The number of carbonyl (C=O) groups excluding carboxylic acids is 1. The lowest BCUT2D eigenvalue weighted by molar-refractivity contribution is -0.273. The summed E-state index contributed by atoms with van der Waals surface area (Å²) in [7, 11) is 0. The second-order valence-electron chi connectivity index (χ2n) is 5.57. The zero-order valence-corrected chi connectivity index (χ0v) is 14.4. The lowest BCUT2D eigenvalue weighted by Crippen LogP contribution is -2.46. The Morgan fingerprint density at radius 2 is 1.92 bits per heavy atom. The van der Waals surface area contributed by atoms with Gasteiger partial charge in [0.1, 0.15) is 5.76 Å². The quantitative estimate of drug-likeness (QED) is 0.751. The highest BCUT2D eigenvalue weighted by molar-refractivity contribution is 7.98. The van der Waals surface area contributed by atoms with Crippen LogP contribution < -0.4 is 5.32 Å². The van der Waals surface area contributed by atoms with Crippen molar-refractivity contribution in [1.29, 1.82) is 0 Å². The van der Waals surface area contributed by atoms with Crippen LogP contribution >= 0.6 is 11.8 Å². The summed E-state index contributed by atoms with van der Waals surface area (Å²) in [6, 6.07) is 9.01. The number of alkyl halides is 3. The Balaban J connectivity index is 2.11. The van der Waals surface area contributed by atoms with Crippen molar-refractivity contribution in [2.75, 3.05) is 6.26 Å². The van der Waals surface area contributed by atoms with Gasteiger partial charge < -0.3 is 14.8 Å². The standard InChI is InChI=1S/C17H18F3NO3S/c1-11(12-5-7-13(25-2)8-6-12)21-15(22)10-16(23,17(18,19)20)14-4-3-9-24-14/h3-9,11,23H,10H2,1-2H3,(H,21,22)/t11-,16-/m1/s1. The summed E-state index contributed by atoms with van der Waals surface area (Å²) in [5, 5.41) is 12.5. The SMILES string of the molecule is CSc1ccc([C@@H](C)NC(=O)C[C@@](O)(c2ccco2)C(F)(F)F)cc1. The van der Waals surface area contributed by atoms with Gasteiger partial charge in [-0.1, -0.05) is 12.1 Å². The second-order valence-corrected chi connectivity index (χ2v) is 6.45. The topological polar surface area (TPSA) is 62.5 Å². The maximum Gasteiger partial charge on any atom is 0.425 e. The summed E-state index contributed by atoms with van der Waals surface area (Å²) >= 11 is 1.56. The summed E-state index contributed by atoms with van der Waals surface area (Å²) in [6.45, 7) is 1.66. The van der Waals surface area contributed by atoms with Gasteiger partial charge in [-0.05, 0) is 43.0 Å². The third-order valence-electron chi connectivity index (χ3n) is 3.81. The molecule has 8 heteroatoms. The summed E-state index contributed by atoms with van der Waals surface area (Å²) < 4.78 is 44.5. The van der Waals surface area contributed by atoms with Crippen LogP contribution in [0.1, 0.15) is 30.7 Å². The number of halogens is 3. The van der Waals surface area contributed by atoms with Gasteiger partial charge in [0.05, 0.1) is 18.7 Å². The van der Waals surface area contributed by atoms with Gasteiger partial charge in [-0.25, -0.2) is 0 Å². The van der Waals surface area contributed by atoms with Crippen LogP contribution in [0.5, 0.6) is 0 Å². The first-order valence-electron chi connectivity index (χ1n) is 7.44. The summed E-state index contributed by atoms with van der Waals surface area (Å²) in [5.41, 5.74) is -2.62. The molecule has 1 heterocycles. The fraction of sp³-hybridized carbons (Fsp3) is 0.353. The van der Waals surface area contributed by atoms with E-state index >= 15 is 0 Å². The number of amides is 1. The van der Waals surface area contributed by atoms with E-state index in [2.05, 4.69) is 9.73 Å². The number of hydrogen-bond donors (Lipinski definition) is 2. The lowest BCUT2D eigenvalue weighted by Gasteiger charge is -2.28. The molecule has 0 fully saturated rings. The minimum atomic E-state index is -5.05. The normalized spacial score (nSPS) is 15.4. The number of furan rings is 1. The average molecular weight is 373 g/mol. The van der Waals surface area contributed by atoms with Gasteiger partial charge in [0.25, 0.3) is 0 Å². The lowest BCUT2D eigenvalue weighted by atomic mass is 9.95. The van der Waals surface area contributed by atoms with Crippen molar-refractivity contribution in [3.8, 4) is 0 Å². The zero-order chi connectivity index (χ0) is 18.7. The molecule has 2 aromatic rings. The monoisotopic (exact) mass is 373 g/mol. The number of aliphatic hydroxyl groups is 1. The first kappa shape index (κ1) is 19.4. The zero-order valence-electron chi connectivity index (χ0n) is 13.6. The van der Waals surface area contributed by atoms with Crippen LogP contribution in [0, 0.1) is 0 Å². The van der Waals surface area contributed by atoms with Crippen molar-refractivity contribution < 1.29 is 27.5 Å². The van der Waals surface area contributed by atoms with E-state index < -0.39 is 35.9 Å². The molecule has 2 N–H and O–H groups in total. The summed E-state index contributed by atoms with van der Waals surface area (Å²) in [6.07, 6.45) is -3.30. The van der Waals surface area contributed by atoms with Gasteiger partial charge in [0.15, 0.2) is 0 Å². The van der Waals surface area contributed by atoms with E-state index in [9.17, 15) is 23.1 Å². The average Bonchev–Trinajstić information content (AvgIpc) is 3.08. The van der Waals surface area contributed by atoms with Crippen LogP contribution in [-0.2, 0) is 10.4 Å². The molecule has 0 spiro atoms. The molecular formula is C17H18F3NO3S. The summed E-state index contributed by atoms with van der Waals surface area (Å²) in [4.78, 5) is 13.1.